The van der Waals surface area contributed by atoms with Crippen LogP contribution in [-0.4, -0.2) is 47.7 Å². The van der Waals surface area contributed by atoms with Crippen molar-refractivity contribution in [2.45, 2.75) is 6.42 Å². The van der Waals surface area contributed by atoms with Crippen molar-refractivity contribution < 1.29 is 9.53 Å². The third kappa shape index (κ3) is 3.33. The zero-order chi connectivity index (χ0) is 16.9. The van der Waals surface area contributed by atoms with Gasteiger partial charge in [0, 0.05) is 25.2 Å². The molecule has 0 bridgehead atoms. The summed E-state index contributed by atoms with van der Waals surface area (Å²) in [7, 11) is 1.62. The maximum atomic E-state index is 12.6. The van der Waals surface area contributed by atoms with Crippen LogP contribution in [-0.2, 0) is 0 Å². The van der Waals surface area contributed by atoms with Crippen LogP contribution in [0.15, 0.2) is 30.3 Å². The number of rotatable bonds is 5. The fourth-order valence-corrected chi connectivity index (χ4v) is 2.88. The number of nitrogens with one attached hydrogen (secondary N) is 2. The van der Waals surface area contributed by atoms with Crippen LogP contribution in [0.25, 0.3) is 11.3 Å². The predicted molar refractivity (Wildman–Crippen MR) is 88.2 cm³/mol. The maximum absolute atomic E-state index is 12.6. The number of amides is 1. The Kier molecular flexibility index (Phi) is 4.66. The topological polar surface area (TPSA) is 94.0 Å². The molecule has 1 atom stereocenters. The van der Waals surface area contributed by atoms with Crippen LogP contribution < -0.4 is 10.1 Å². The minimum atomic E-state index is -0.0540. The van der Waals surface area contributed by atoms with Gasteiger partial charge in [0.25, 0.3) is 5.91 Å². The van der Waals surface area contributed by atoms with Crippen molar-refractivity contribution in [2.75, 3.05) is 26.7 Å². The number of H-pyrrole nitrogens is 1. The van der Waals surface area contributed by atoms with E-state index in [2.05, 4.69) is 15.5 Å². The van der Waals surface area contributed by atoms with Crippen molar-refractivity contribution in [2.24, 2.45) is 5.92 Å². The molecule has 0 radical (unpaired) electrons. The number of hydrogen-bond donors (Lipinski definition) is 2. The van der Waals surface area contributed by atoms with E-state index in [0.29, 0.717) is 31.2 Å². The predicted octanol–water partition coefficient (Wildman–Crippen LogP) is 1.62. The smallest absolute Gasteiger partial charge is 0.271 e. The van der Waals surface area contributed by atoms with Gasteiger partial charge in [0.1, 0.15) is 11.4 Å². The summed E-state index contributed by atoms with van der Waals surface area (Å²) < 4.78 is 5.14. The number of aromatic nitrogens is 2. The lowest BCUT2D eigenvalue weighted by molar-refractivity contribution is 0.0781. The van der Waals surface area contributed by atoms with Gasteiger partial charge in [-0.1, -0.05) is 0 Å². The number of hydrogen-bond acceptors (Lipinski definition) is 5. The minimum Gasteiger partial charge on any atom is -0.497 e. The van der Waals surface area contributed by atoms with E-state index in [1.54, 1.807) is 18.1 Å². The number of aromatic amines is 1. The Balaban J connectivity index is 1.66. The lowest BCUT2D eigenvalue weighted by Crippen LogP contribution is -2.30. The van der Waals surface area contributed by atoms with Crippen LogP contribution in [0.2, 0.25) is 0 Å². The normalized spacial score (nSPS) is 16.7. The largest absolute Gasteiger partial charge is 0.497 e. The van der Waals surface area contributed by atoms with Gasteiger partial charge in [-0.2, -0.15) is 10.4 Å². The highest BCUT2D eigenvalue weighted by molar-refractivity contribution is 5.93. The first-order valence-corrected chi connectivity index (χ1v) is 7.82. The zero-order valence-electron chi connectivity index (χ0n) is 13.5. The molecule has 24 heavy (non-hydrogen) atoms. The van der Waals surface area contributed by atoms with E-state index in [1.807, 2.05) is 30.5 Å². The molecule has 1 aliphatic rings. The highest BCUT2D eigenvalue weighted by atomic mass is 16.5. The van der Waals surface area contributed by atoms with Crippen molar-refractivity contribution in [1.82, 2.24) is 20.4 Å². The Morgan fingerprint density at radius 3 is 3.00 bits per heavy atom. The summed E-state index contributed by atoms with van der Waals surface area (Å²) in [4.78, 5) is 14.4. The van der Waals surface area contributed by atoms with Gasteiger partial charge in [-0.3, -0.25) is 9.89 Å². The van der Waals surface area contributed by atoms with Crippen LogP contribution >= 0.6 is 0 Å². The van der Waals surface area contributed by atoms with Gasteiger partial charge in [0.2, 0.25) is 0 Å². The average molecular weight is 325 g/mol. The molecule has 1 amide bonds. The molecule has 2 N–H and O–H groups in total. The molecule has 2 aromatic rings. The second-order valence-electron chi connectivity index (χ2n) is 5.79. The van der Waals surface area contributed by atoms with E-state index >= 15 is 0 Å². The van der Waals surface area contributed by atoms with Crippen LogP contribution in [0, 0.1) is 17.4 Å². The van der Waals surface area contributed by atoms with Crippen molar-refractivity contribution in [3.05, 3.63) is 36.0 Å². The molecule has 124 valence electrons. The van der Waals surface area contributed by atoms with E-state index in [-0.39, 0.29) is 5.91 Å². The number of carbonyl (C=O) groups is 1. The third-order valence-corrected chi connectivity index (χ3v) is 4.24. The molecular formula is C17H19N5O2. The fraction of sp³-hybridized carbons (Fsp3) is 0.353. The first-order chi connectivity index (χ1) is 11.7. The molecule has 1 saturated heterocycles. The molecule has 1 fully saturated rings. The number of nitrogens with zero attached hydrogens (tertiary/aromatic N) is 3. The lowest BCUT2D eigenvalue weighted by atomic mass is 10.1. The number of methoxy groups -OCH3 is 1. The SMILES string of the molecule is COc1ccc(-c2cc(C(=O)N3CC[C@H](CNC#N)C3)[nH]n2)cc1. The Hall–Kier alpha value is -3.01. The highest BCUT2D eigenvalue weighted by Crippen LogP contribution is 2.23. The lowest BCUT2D eigenvalue weighted by Gasteiger charge is -2.15. The van der Waals surface area contributed by atoms with E-state index < -0.39 is 0 Å². The molecule has 1 aromatic carbocycles. The summed E-state index contributed by atoms with van der Waals surface area (Å²) in [5.41, 5.74) is 2.13. The monoisotopic (exact) mass is 325 g/mol. The molecule has 1 aliphatic heterocycles. The summed E-state index contributed by atoms with van der Waals surface area (Å²) in [6.07, 6.45) is 2.82. The fourth-order valence-electron chi connectivity index (χ4n) is 2.88. The van der Waals surface area contributed by atoms with Crippen LogP contribution in [0.4, 0.5) is 0 Å². The first-order valence-electron chi connectivity index (χ1n) is 7.82. The Labute approximate surface area is 140 Å². The number of benzene rings is 1. The second-order valence-corrected chi connectivity index (χ2v) is 5.79. The van der Waals surface area contributed by atoms with Gasteiger partial charge in [0.15, 0.2) is 6.19 Å². The minimum absolute atomic E-state index is 0.0540. The van der Waals surface area contributed by atoms with Crippen molar-refractivity contribution in [1.29, 1.82) is 5.26 Å². The van der Waals surface area contributed by atoms with E-state index in [4.69, 9.17) is 10.00 Å². The summed E-state index contributed by atoms with van der Waals surface area (Å²) in [5.74, 6) is 1.04. The molecule has 0 aliphatic carbocycles. The third-order valence-electron chi connectivity index (χ3n) is 4.24. The molecule has 7 heteroatoms. The van der Waals surface area contributed by atoms with Crippen molar-refractivity contribution in [3.63, 3.8) is 0 Å². The maximum Gasteiger partial charge on any atom is 0.271 e. The van der Waals surface area contributed by atoms with Gasteiger partial charge >= 0.3 is 0 Å². The van der Waals surface area contributed by atoms with E-state index in [9.17, 15) is 4.79 Å². The second kappa shape index (κ2) is 7.04. The molecule has 2 heterocycles. The Morgan fingerprint density at radius 1 is 1.50 bits per heavy atom. The standard InChI is InChI=1S/C17H19N5O2/c1-24-14-4-2-13(3-5-14)15-8-16(21-20-15)17(23)22-7-6-12(10-22)9-19-11-18/h2-5,8,12,19H,6-7,9-10H2,1H3,(H,20,21)/t12-/m1/s1. The van der Waals surface area contributed by atoms with Gasteiger partial charge in [0.05, 0.1) is 12.8 Å². The molecule has 1 aromatic heterocycles. The van der Waals surface area contributed by atoms with Crippen LogP contribution in [0.5, 0.6) is 5.75 Å². The van der Waals surface area contributed by atoms with Gasteiger partial charge in [-0.15, -0.1) is 0 Å². The molecular weight excluding hydrogens is 306 g/mol. The highest BCUT2D eigenvalue weighted by Gasteiger charge is 2.27. The summed E-state index contributed by atoms with van der Waals surface area (Å²) in [6.45, 7) is 1.97. The zero-order valence-corrected chi connectivity index (χ0v) is 13.5. The molecule has 0 saturated carbocycles. The first kappa shape index (κ1) is 15.9. The number of carbonyl (C=O) groups excluding carboxylic acids is 1. The van der Waals surface area contributed by atoms with Crippen LogP contribution in [0.3, 0.4) is 0 Å². The van der Waals surface area contributed by atoms with E-state index in [1.165, 1.54) is 0 Å². The quantitative estimate of drug-likeness (QED) is 0.643. The molecule has 0 spiro atoms. The summed E-state index contributed by atoms with van der Waals surface area (Å²) in [6, 6.07) is 9.30. The number of ether oxygens (including phenoxy) is 1. The van der Waals surface area contributed by atoms with Gasteiger partial charge in [-0.05, 0) is 42.7 Å². The van der Waals surface area contributed by atoms with E-state index in [0.717, 1.165) is 23.4 Å². The van der Waals surface area contributed by atoms with Gasteiger partial charge in [-0.25, -0.2) is 0 Å². The Bertz CT molecular complexity index is 747. The van der Waals surface area contributed by atoms with Gasteiger partial charge < -0.3 is 15.0 Å². The van der Waals surface area contributed by atoms with Crippen molar-refractivity contribution >= 4 is 5.91 Å². The summed E-state index contributed by atoms with van der Waals surface area (Å²) >= 11 is 0. The Morgan fingerprint density at radius 2 is 2.29 bits per heavy atom. The van der Waals surface area contributed by atoms with Crippen LogP contribution in [0.1, 0.15) is 16.9 Å². The van der Waals surface area contributed by atoms with Crippen molar-refractivity contribution in [3.8, 4) is 23.2 Å². The molecule has 7 nitrogen and oxygen atoms in total. The average Bonchev–Trinajstić information content (AvgIpc) is 3.29. The molecule has 0 unspecified atom stereocenters. The number of likely N-dealkylation sites (tertiary alicyclic amines) is 1. The number of nitriles is 1. The summed E-state index contributed by atoms with van der Waals surface area (Å²) in [5, 5.41) is 18.3. The molecule has 3 rings (SSSR count).